The Labute approximate surface area is 124 Å². The van der Waals surface area contributed by atoms with E-state index in [0.717, 1.165) is 22.9 Å². The van der Waals surface area contributed by atoms with Crippen molar-refractivity contribution in [3.8, 4) is 0 Å². The second-order valence-corrected chi connectivity index (χ2v) is 6.58. The van der Waals surface area contributed by atoms with Crippen molar-refractivity contribution in [3.05, 3.63) is 38.7 Å². The van der Waals surface area contributed by atoms with Crippen molar-refractivity contribution < 1.29 is 4.79 Å². The van der Waals surface area contributed by atoms with Crippen molar-refractivity contribution in [1.82, 2.24) is 5.32 Å². The smallest absolute Gasteiger partial charge is 0.263 e. The summed E-state index contributed by atoms with van der Waals surface area (Å²) in [6.45, 7) is 2.14. The molecule has 1 saturated heterocycles. The predicted octanol–water partition coefficient (Wildman–Crippen LogP) is 3.89. The number of thioether (sulfide) groups is 1. The average molecular weight is 342 g/mol. The third-order valence-electron chi connectivity index (χ3n) is 2.56. The van der Waals surface area contributed by atoms with Gasteiger partial charge in [-0.05, 0) is 35.8 Å². The van der Waals surface area contributed by atoms with Gasteiger partial charge >= 0.3 is 0 Å². The third-order valence-corrected chi connectivity index (χ3v) is 4.21. The molecular formula is C13H12BrNOS2. The number of hydrogen-bond donors (Lipinski definition) is 1. The maximum Gasteiger partial charge on any atom is 0.263 e. The fourth-order valence-electron chi connectivity index (χ4n) is 1.76. The molecule has 0 radical (unpaired) electrons. The van der Waals surface area contributed by atoms with Crippen LogP contribution in [-0.2, 0) is 11.2 Å². The number of hydrogen-bond acceptors (Lipinski definition) is 3. The summed E-state index contributed by atoms with van der Waals surface area (Å²) in [5, 5.41) is 2.63. The quantitative estimate of drug-likeness (QED) is 0.667. The molecule has 1 heterocycles. The largest absolute Gasteiger partial charge is 0.307 e. The number of aryl methyl sites for hydroxylation is 1. The highest BCUT2D eigenvalue weighted by atomic mass is 79.9. The molecule has 1 amide bonds. The van der Waals surface area contributed by atoms with Crippen LogP contribution in [0.4, 0.5) is 0 Å². The summed E-state index contributed by atoms with van der Waals surface area (Å²) in [4.78, 5) is 12.3. The van der Waals surface area contributed by atoms with Gasteiger partial charge in [-0.3, -0.25) is 4.79 Å². The minimum Gasteiger partial charge on any atom is -0.307 e. The van der Waals surface area contributed by atoms with Gasteiger partial charge in [-0.1, -0.05) is 59.3 Å². The molecule has 1 aromatic carbocycles. The Morgan fingerprint density at radius 3 is 2.89 bits per heavy atom. The summed E-state index contributed by atoms with van der Waals surface area (Å²) >= 11 is 9.76. The minimum absolute atomic E-state index is 0.104. The van der Waals surface area contributed by atoms with Crippen LogP contribution >= 0.6 is 39.9 Å². The number of nitrogens with one attached hydrogen (secondary N) is 1. The van der Waals surface area contributed by atoms with Crippen molar-refractivity contribution in [2.75, 3.05) is 0 Å². The lowest BCUT2D eigenvalue weighted by Crippen LogP contribution is -2.17. The van der Waals surface area contributed by atoms with E-state index in [1.807, 2.05) is 18.2 Å². The first kappa shape index (κ1) is 13.8. The monoisotopic (exact) mass is 341 g/mol. The molecule has 1 N–H and O–H groups in total. The van der Waals surface area contributed by atoms with Crippen LogP contribution in [0, 0.1) is 0 Å². The van der Waals surface area contributed by atoms with E-state index in [0.29, 0.717) is 9.23 Å². The Bertz CT molecular complexity index is 540. The van der Waals surface area contributed by atoms with Gasteiger partial charge in [0.15, 0.2) is 0 Å². The first-order valence-corrected chi connectivity index (χ1v) is 7.65. The summed E-state index contributed by atoms with van der Waals surface area (Å²) in [6, 6.07) is 6.16. The van der Waals surface area contributed by atoms with E-state index in [9.17, 15) is 4.79 Å². The highest BCUT2D eigenvalue weighted by Gasteiger charge is 2.22. The van der Waals surface area contributed by atoms with E-state index < -0.39 is 0 Å². The summed E-state index contributed by atoms with van der Waals surface area (Å²) in [5.41, 5.74) is 2.33. The minimum atomic E-state index is -0.104. The molecule has 2 nitrogen and oxygen atoms in total. The molecule has 1 aliphatic rings. The van der Waals surface area contributed by atoms with Crippen molar-refractivity contribution in [1.29, 1.82) is 0 Å². The van der Waals surface area contributed by atoms with Crippen LogP contribution in [0.25, 0.3) is 6.08 Å². The molecule has 0 atom stereocenters. The number of thiocarbonyl (C=S) groups is 1. The van der Waals surface area contributed by atoms with Crippen LogP contribution in [0.2, 0.25) is 0 Å². The molecule has 5 heteroatoms. The normalized spacial score (nSPS) is 17.3. The number of carbonyl (C=O) groups is 1. The lowest BCUT2D eigenvalue weighted by Gasteiger charge is -2.06. The fraction of sp³-hybridized carbons (Fsp3) is 0.231. The van der Waals surface area contributed by atoms with Crippen molar-refractivity contribution in [2.45, 2.75) is 19.8 Å². The number of rotatable bonds is 3. The molecule has 0 bridgehead atoms. The van der Waals surface area contributed by atoms with Gasteiger partial charge in [-0.25, -0.2) is 0 Å². The maximum absolute atomic E-state index is 11.6. The highest BCUT2D eigenvalue weighted by molar-refractivity contribution is 9.10. The lowest BCUT2D eigenvalue weighted by molar-refractivity contribution is -0.115. The first-order chi connectivity index (χ1) is 8.60. The van der Waals surface area contributed by atoms with Gasteiger partial charge in [0.05, 0.1) is 4.91 Å². The molecule has 1 aliphatic heterocycles. The van der Waals surface area contributed by atoms with Gasteiger partial charge in [0.25, 0.3) is 5.91 Å². The van der Waals surface area contributed by atoms with Crippen LogP contribution in [0.3, 0.4) is 0 Å². The topological polar surface area (TPSA) is 29.1 Å². The second kappa shape index (κ2) is 5.99. The van der Waals surface area contributed by atoms with Gasteiger partial charge in [0, 0.05) is 4.47 Å². The van der Waals surface area contributed by atoms with E-state index in [2.05, 4.69) is 34.2 Å². The average Bonchev–Trinajstić information content (AvgIpc) is 2.61. The summed E-state index contributed by atoms with van der Waals surface area (Å²) in [5.74, 6) is -0.104. The second-order valence-electron chi connectivity index (χ2n) is 3.95. The Morgan fingerprint density at radius 2 is 2.28 bits per heavy atom. The van der Waals surface area contributed by atoms with E-state index >= 15 is 0 Å². The molecule has 0 saturated carbocycles. The molecule has 0 aromatic heterocycles. The maximum atomic E-state index is 11.6. The molecule has 2 rings (SSSR count). The Balaban J connectivity index is 2.38. The Kier molecular flexibility index (Phi) is 4.59. The van der Waals surface area contributed by atoms with E-state index in [-0.39, 0.29) is 5.91 Å². The molecule has 1 aromatic rings. The van der Waals surface area contributed by atoms with Gasteiger partial charge < -0.3 is 5.32 Å². The van der Waals surface area contributed by atoms with Crippen LogP contribution in [0.1, 0.15) is 24.5 Å². The first-order valence-electron chi connectivity index (χ1n) is 5.63. The zero-order valence-electron chi connectivity index (χ0n) is 9.83. The predicted molar refractivity (Wildman–Crippen MR) is 84.4 cm³/mol. The Hall–Kier alpha value is -0.650. The SMILES string of the molecule is CCCc1ccc(Br)cc1/C=C1\SC(=S)NC1=O. The number of amides is 1. The third kappa shape index (κ3) is 3.22. The standard InChI is InChI=1S/C13H12BrNOS2/c1-2-3-8-4-5-10(14)6-9(8)7-11-12(16)15-13(17)18-11/h4-7H,2-3H2,1H3,(H,15,16,17)/b11-7-. The number of carbonyl (C=O) groups excluding carboxylic acids is 1. The van der Waals surface area contributed by atoms with E-state index in [1.54, 1.807) is 0 Å². The molecule has 1 fully saturated rings. The zero-order chi connectivity index (χ0) is 13.1. The molecule has 18 heavy (non-hydrogen) atoms. The van der Waals surface area contributed by atoms with Gasteiger partial charge in [0.1, 0.15) is 4.32 Å². The van der Waals surface area contributed by atoms with Crippen molar-refractivity contribution in [3.63, 3.8) is 0 Å². The van der Waals surface area contributed by atoms with Gasteiger partial charge in [-0.2, -0.15) is 0 Å². The number of halogens is 1. The summed E-state index contributed by atoms with van der Waals surface area (Å²) < 4.78 is 1.54. The molecule has 0 spiro atoms. The van der Waals surface area contributed by atoms with E-state index in [4.69, 9.17) is 12.2 Å². The molecule has 0 unspecified atom stereocenters. The lowest BCUT2D eigenvalue weighted by atomic mass is 10.0. The van der Waals surface area contributed by atoms with Crippen molar-refractivity contribution in [2.24, 2.45) is 0 Å². The molecule has 0 aliphatic carbocycles. The van der Waals surface area contributed by atoms with Crippen LogP contribution in [0.5, 0.6) is 0 Å². The van der Waals surface area contributed by atoms with Crippen LogP contribution in [0.15, 0.2) is 27.6 Å². The molecule has 94 valence electrons. The van der Waals surface area contributed by atoms with Crippen LogP contribution < -0.4 is 5.32 Å². The molecular weight excluding hydrogens is 330 g/mol. The van der Waals surface area contributed by atoms with Crippen LogP contribution in [-0.4, -0.2) is 10.2 Å². The van der Waals surface area contributed by atoms with E-state index in [1.165, 1.54) is 17.3 Å². The fourth-order valence-corrected chi connectivity index (χ4v) is 3.17. The van der Waals surface area contributed by atoms with Crippen molar-refractivity contribution >= 4 is 56.2 Å². The highest BCUT2D eigenvalue weighted by Crippen LogP contribution is 2.28. The zero-order valence-corrected chi connectivity index (χ0v) is 13.0. The number of benzene rings is 1. The Morgan fingerprint density at radius 1 is 1.50 bits per heavy atom. The summed E-state index contributed by atoms with van der Waals surface area (Å²) in [7, 11) is 0. The summed E-state index contributed by atoms with van der Waals surface area (Å²) in [6.07, 6.45) is 3.99. The van der Waals surface area contributed by atoms with Gasteiger partial charge in [-0.15, -0.1) is 0 Å². The van der Waals surface area contributed by atoms with Gasteiger partial charge in [0.2, 0.25) is 0 Å².